The second-order valence-electron chi connectivity index (χ2n) is 4.40. The Balaban J connectivity index is 2.50. The zero-order valence-corrected chi connectivity index (χ0v) is 11.0. The van der Waals surface area contributed by atoms with Crippen molar-refractivity contribution in [3.05, 3.63) is 18.3 Å². The Kier molecular flexibility index (Phi) is 5.58. The first-order chi connectivity index (χ1) is 8.52. The molecule has 0 saturated carbocycles. The zero-order chi connectivity index (χ0) is 13.5. The number of aliphatic hydroxyl groups excluding tert-OH is 1. The van der Waals surface area contributed by atoms with Crippen LogP contribution in [0.2, 0.25) is 0 Å². The lowest BCUT2D eigenvalue weighted by atomic mass is 10.2. The average Bonchev–Trinajstić information content (AvgIpc) is 2.37. The number of ether oxygens (including phenoxy) is 1. The van der Waals surface area contributed by atoms with Crippen LogP contribution in [-0.2, 0) is 4.79 Å². The van der Waals surface area contributed by atoms with E-state index in [1.165, 1.54) is 6.20 Å². The minimum atomic E-state index is -0.480. The number of nitrogens with zero attached hydrogens (tertiary/aromatic N) is 1. The van der Waals surface area contributed by atoms with Crippen LogP contribution in [0.4, 0.5) is 5.69 Å². The lowest BCUT2D eigenvalue weighted by Crippen LogP contribution is -2.18. The molecule has 5 heteroatoms. The van der Waals surface area contributed by atoms with Gasteiger partial charge in [-0.05, 0) is 12.5 Å². The minimum absolute atomic E-state index is 0.0492. The van der Waals surface area contributed by atoms with Crippen LogP contribution in [0, 0.1) is 5.92 Å². The molecule has 0 spiro atoms. The molecule has 1 aromatic rings. The van der Waals surface area contributed by atoms with Gasteiger partial charge in [0.1, 0.15) is 6.61 Å². The highest BCUT2D eigenvalue weighted by molar-refractivity contribution is 5.91. The van der Waals surface area contributed by atoms with Gasteiger partial charge in [0, 0.05) is 12.0 Å². The van der Waals surface area contributed by atoms with Gasteiger partial charge in [0.05, 0.1) is 18.0 Å². The lowest BCUT2D eigenvalue weighted by Gasteiger charge is -2.10. The Hall–Kier alpha value is -1.62. The number of carbonyl (C=O) groups excluding carboxylic acids is 1. The van der Waals surface area contributed by atoms with Crippen LogP contribution < -0.4 is 10.1 Å². The van der Waals surface area contributed by atoms with Gasteiger partial charge < -0.3 is 15.2 Å². The van der Waals surface area contributed by atoms with Crippen LogP contribution in [0.25, 0.3) is 0 Å². The van der Waals surface area contributed by atoms with Gasteiger partial charge in [-0.2, -0.15) is 0 Å². The normalized spacial score (nSPS) is 12.3. The van der Waals surface area contributed by atoms with Crippen molar-refractivity contribution in [1.29, 1.82) is 0 Å². The van der Waals surface area contributed by atoms with Crippen LogP contribution in [0.3, 0.4) is 0 Å². The van der Waals surface area contributed by atoms with Crippen molar-refractivity contribution in [1.82, 2.24) is 4.98 Å². The van der Waals surface area contributed by atoms with Crippen molar-refractivity contribution in [3.63, 3.8) is 0 Å². The number of pyridine rings is 1. The van der Waals surface area contributed by atoms with Crippen LogP contribution in [0.15, 0.2) is 18.3 Å². The van der Waals surface area contributed by atoms with Crippen LogP contribution in [0.1, 0.15) is 27.2 Å². The zero-order valence-electron chi connectivity index (χ0n) is 11.0. The summed E-state index contributed by atoms with van der Waals surface area (Å²) in [5.74, 6) is 0.317. The number of rotatable bonds is 6. The van der Waals surface area contributed by atoms with E-state index in [2.05, 4.69) is 10.3 Å². The molecular formula is C13H20N2O3. The van der Waals surface area contributed by atoms with E-state index in [1.54, 1.807) is 12.1 Å². The Morgan fingerprint density at radius 2 is 2.22 bits per heavy atom. The van der Waals surface area contributed by atoms with E-state index in [0.29, 0.717) is 18.0 Å². The highest BCUT2D eigenvalue weighted by Crippen LogP contribution is 2.13. The third-order valence-electron chi connectivity index (χ3n) is 2.42. The smallest absolute Gasteiger partial charge is 0.226 e. The summed E-state index contributed by atoms with van der Waals surface area (Å²) in [4.78, 5) is 15.5. The molecule has 0 aliphatic carbocycles. The molecule has 1 amide bonds. The predicted octanol–water partition coefficient (Wildman–Crippen LogP) is 1.83. The van der Waals surface area contributed by atoms with E-state index >= 15 is 0 Å². The molecule has 18 heavy (non-hydrogen) atoms. The third kappa shape index (κ3) is 4.71. The summed E-state index contributed by atoms with van der Waals surface area (Å²) in [6, 6.07) is 3.39. The third-order valence-corrected chi connectivity index (χ3v) is 2.42. The molecule has 2 N–H and O–H groups in total. The SMILES string of the molecule is CC[C@@H](O)COc1ccc(NC(=O)C(C)C)cn1. The first kappa shape index (κ1) is 14.4. The highest BCUT2D eigenvalue weighted by atomic mass is 16.5. The highest BCUT2D eigenvalue weighted by Gasteiger charge is 2.07. The van der Waals surface area contributed by atoms with Crippen molar-refractivity contribution in [2.24, 2.45) is 5.92 Å². The van der Waals surface area contributed by atoms with E-state index in [0.717, 1.165) is 0 Å². The van der Waals surface area contributed by atoms with E-state index in [4.69, 9.17) is 4.74 Å². The molecule has 1 aromatic heterocycles. The standard InChI is InChI=1S/C13H20N2O3/c1-4-11(16)8-18-12-6-5-10(7-14-12)15-13(17)9(2)3/h5-7,9,11,16H,4,8H2,1-3H3,(H,15,17)/t11-/m1/s1. The summed E-state index contributed by atoms with van der Waals surface area (Å²) in [7, 11) is 0. The summed E-state index contributed by atoms with van der Waals surface area (Å²) in [6.45, 7) is 5.76. The topological polar surface area (TPSA) is 71.5 Å². The monoisotopic (exact) mass is 252 g/mol. The molecule has 0 aliphatic heterocycles. The Bertz CT molecular complexity index is 376. The number of nitrogens with one attached hydrogen (secondary N) is 1. The number of amides is 1. The van der Waals surface area contributed by atoms with Gasteiger partial charge in [0.15, 0.2) is 0 Å². The fourth-order valence-corrected chi connectivity index (χ4v) is 1.13. The van der Waals surface area contributed by atoms with Gasteiger partial charge in [-0.3, -0.25) is 4.79 Å². The molecule has 1 heterocycles. The number of carbonyl (C=O) groups is 1. The van der Waals surface area contributed by atoms with Gasteiger partial charge in [-0.25, -0.2) is 4.98 Å². The summed E-state index contributed by atoms with van der Waals surface area (Å²) >= 11 is 0. The molecule has 0 aliphatic rings. The van der Waals surface area contributed by atoms with Gasteiger partial charge in [0.25, 0.3) is 0 Å². The van der Waals surface area contributed by atoms with Crippen molar-refractivity contribution in [2.75, 3.05) is 11.9 Å². The fraction of sp³-hybridized carbons (Fsp3) is 0.538. The van der Waals surface area contributed by atoms with E-state index in [9.17, 15) is 9.90 Å². The van der Waals surface area contributed by atoms with Crippen molar-refractivity contribution < 1.29 is 14.6 Å². The largest absolute Gasteiger partial charge is 0.475 e. The molecule has 0 bridgehead atoms. The molecule has 0 radical (unpaired) electrons. The van der Waals surface area contributed by atoms with Crippen LogP contribution in [0.5, 0.6) is 5.88 Å². The summed E-state index contributed by atoms with van der Waals surface area (Å²) in [5, 5.41) is 12.1. The second-order valence-corrected chi connectivity index (χ2v) is 4.40. The first-order valence-electron chi connectivity index (χ1n) is 6.10. The number of hydrogen-bond acceptors (Lipinski definition) is 4. The quantitative estimate of drug-likeness (QED) is 0.810. The number of hydrogen-bond donors (Lipinski definition) is 2. The van der Waals surface area contributed by atoms with E-state index in [1.807, 2.05) is 20.8 Å². The van der Waals surface area contributed by atoms with Gasteiger partial charge in [-0.15, -0.1) is 0 Å². The van der Waals surface area contributed by atoms with Gasteiger partial charge in [0.2, 0.25) is 11.8 Å². The molecule has 100 valence electrons. The maximum Gasteiger partial charge on any atom is 0.226 e. The Morgan fingerprint density at radius 1 is 1.50 bits per heavy atom. The van der Waals surface area contributed by atoms with E-state index in [-0.39, 0.29) is 18.4 Å². The number of anilines is 1. The van der Waals surface area contributed by atoms with Crippen molar-refractivity contribution in [3.8, 4) is 5.88 Å². The minimum Gasteiger partial charge on any atom is -0.475 e. The van der Waals surface area contributed by atoms with Crippen LogP contribution in [-0.4, -0.2) is 28.7 Å². The number of aliphatic hydroxyl groups is 1. The average molecular weight is 252 g/mol. The van der Waals surface area contributed by atoms with Crippen molar-refractivity contribution >= 4 is 11.6 Å². The summed E-state index contributed by atoms with van der Waals surface area (Å²) < 4.78 is 5.29. The maximum atomic E-state index is 11.4. The molecule has 0 aromatic carbocycles. The molecule has 1 atom stereocenters. The lowest BCUT2D eigenvalue weighted by molar-refractivity contribution is -0.118. The fourth-order valence-electron chi connectivity index (χ4n) is 1.13. The molecular weight excluding hydrogens is 232 g/mol. The summed E-state index contributed by atoms with van der Waals surface area (Å²) in [6.07, 6.45) is 1.70. The predicted molar refractivity (Wildman–Crippen MR) is 69.5 cm³/mol. The molecule has 0 fully saturated rings. The van der Waals surface area contributed by atoms with Gasteiger partial charge >= 0.3 is 0 Å². The molecule has 5 nitrogen and oxygen atoms in total. The van der Waals surface area contributed by atoms with Gasteiger partial charge in [-0.1, -0.05) is 20.8 Å². The van der Waals surface area contributed by atoms with Crippen LogP contribution >= 0.6 is 0 Å². The maximum absolute atomic E-state index is 11.4. The Morgan fingerprint density at radius 3 is 2.72 bits per heavy atom. The van der Waals surface area contributed by atoms with E-state index < -0.39 is 6.10 Å². The first-order valence-corrected chi connectivity index (χ1v) is 6.10. The second kappa shape index (κ2) is 6.96. The molecule has 1 rings (SSSR count). The molecule has 0 unspecified atom stereocenters. The summed E-state index contributed by atoms with van der Waals surface area (Å²) in [5.41, 5.74) is 0.636. The molecule has 0 saturated heterocycles. The van der Waals surface area contributed by atoms with Crippen molar-refractivity contribution in [2.45, 2.75) is 33.3 Å². The number of aromatic nitrogens is 1. The Labute approximate surface area is 107 Å².